The third-order valence-corrected chi connectivity index (χ3v) is 3.67. The molecule has 2 aliphatic carbocycles. The third kappa shape index (κ3) is 2.37. The summed E-state index contributed by atoms with van der Waals surface area (Å²) in [5, 5.41) is 0. The van der Waals surface area contributed by atoms with Crippen LogP contribution in [0.1, 0.15) is 46.0 Å². The first-order chi connectivity index (χ1) is 7.61. The number of carbonyl (C=O) groups is 1. The van der Waals surface area contributed by atoms with E-state index in [1.54, 1.807) is 0 Å². The maximum absolute atomic E-state index is 12.0. The van der Waals surface area contributed by atoms with Gasteiger partial charge in [-0.3, -0.25) is 0 Å². The third-order valence-electron chi connectivity index (χ3n) is 3.67. The van der Waals surface area contributed by atoms with Gasteiger partial charge in [0.2, 0.25) is 0 Å². The van der Waals surface area contributed by atoms with Crippen molar-refractivity contribution in [2.24, 2.45) is 5.92 Å². The van der Waals surface area contributed by atoms with Gasteiger partial charge in [-0.2, -0.15) is 0 Å². The molecule has 0 aromatic heterocycles. The van der Waals surface area contributed by atoms with Crippen molar-refractivity contribution >= 4 is 5.97 Å². The normalized spacial score (nSPS) is 27.6. The largest absolute Gasteiger partial charge is 0.456 e. The zero-order valence-electron chi connectivity index (χ0n) is 10.2. The highest BCUT2D eigenvalue weighted by molar-refractivity contribution is 5.90. The molecule has 0 heterocycles. The molecule has 16 heavy (non-hydrogen) atoms. The summed E-state index contributed by atoms with van der Waals surface area (Å²) in [7, 11) is 0. The Hall–Kier alpha value is -1.05. The molecule has 0 N–H and O–H groups in total. The van der Waals surface area contributed by atoms with Crippen molar-refractivity contribution in [3.8, 4) is 0 Å². The Balaban J connectivity index is 2.02. The average Bonchev–Trinajstić information content (AvgIpc) is 2.65. The summed E-state index contributed by atoms with van der Waals surface area (Å²) < 4.78 is 5.67. The van der Waals surface area contributed by atoms with E-state index in [1.165, 1.54) is 12.8 Å². The van der Waals surface area contributed by atoms with Crippen molar-refractivity contribution < 1.29 is 9.53 Å². The molecule has 1 fully saturated rings. The van der Waals surface area contributed by atoms with E-state index in [4.69, 9.17) is 4.74 Å². The molecule has 0 bridgehead atoms. The van der Waals surface area contributed by atoms with Crippen LogP contribution in [-0.4, -0.2) is 11.6 Å². The van der Waals surface area contributed by atoms with Gasteiger partial charge in [0.15, 0.2) is 0 Å². The molecule has 0 aromatic carbocycles. The summed E-state index contributed by atoms with van der Waals surface area (Å²) in [5.41, 5.74) is 0.620. The van der Waals surface area contributed by atoms with Crippen molar-refractivity contribution in [3.63, 3.8) is 0 Å². The molecule has 1 saturated carbocycles. The smallest absolute Gasteiger partial charge is 0.334 e. The standard InChI is InChI=1S/C14H20O2/c1-11-7-3-4-8-12(11)13(15)16-14(2)9-5-6-10-14/h3-4,8,11H,5-7,9-10H2,1-2H3. The highest BCUT2D eigenvalue weighted by Gasteiger charge is 2.34. The zero-order valence-corrected chi connectivity index (χ0v) is 10.2. The molecule has 1 unspecified atom stereocenters. The summed E-state index contributed by atoms with van der Waals surface area (Å²) in [6.07, 6.45) is 11.3. The predicted octanol–water partition coefficient (Wildman–Crippen LogP) is 3.38. The minimum Gasteiger partial charge on any atom is -0.456 e. The van der Waals surface area contributed by atoms with Gasteiger partial charge < -0.3 is 4.74 Å². The number of allylic oxidation sites excluding steroid dienone is 3. The van der Waals surface area contributed by atoms with Gasteiger partial charge in [0.05, 0.1) is 0 Å². The van der Waals surface area contributed by atoms with Crippen LogP contribution in [0.4, 0.5) is 0 Å². The highest BCUT2D eigenvalue weighted by Crippen LogP contribution is 2.34. The number of esters is 1. The number of ether oxygens (including phenoxy) is 1. The van der Waals surface area contributed by atoms with Crippen LogP contribution in [0.25, 0.3) is 0 Å². The molecule has 0 saturated heterocycles. The molecule has 2 nitrogen and oxygen atoms in total. The molecule has 0 aliphatic heterocycles. The van der Waals surface area contributed by atoms with E-state index in [0.29, 0.717) is 5.92 Å². The Kier molecular flexibility index (Phi) is 3.17. The Labute approximate surface area is 97.4 Å². The summed E-state index contributed by atoms with van der Waals surface area (Å²) in [5.74, 6) is 0.184. The monoisotopic (exact) mass is 220 g/mol. The topological polar surface area (TPSA) is 26.3 Å². The second-order valence-electron chi connectivity index (χ2n) is 5.23. The number of carbonyl (C=O) groups excluding carboxylic acids is 1. The fourth-order valence-electron chi connectivity index (χ4n) is 2.52. The fourth-order valence-corrected chi connectivity index (χ4v) is 2.52. The van der Waals surface area contributed by atoms with Crippen LogP contribution >= 0.6 is 0 Å². The van der Waals surface area contributed by atoms with E-state index in [2.05, 4.69) is 19.9 Å². The molecular weight excluding hydrogens is 200 g/mol. The average molecular weight is 220 g/mol. The molecule has 2 rings (SSSR count). The lowest BCUT2D eigenvalue weighted by molar-refractivity contribution is -0.153. The zero-order chi connectivity index (χ0) is 11.6. The lowest BCUT2D eigenvalue weighted by Gasteiger charge is -2.26. The van der Waals surface area contributed by atoms with Crippen LogP contribution in [0.5, 0.6) is 0 Å². The Morgan fingerprint density at radius 3 is 2.75 bits per heavy atom. The molecular formula is C14H20O2. The van der Waals surface area contributed by atoms with Crippen molar-refractivity contribution in [3.05, 3.63) is 23.8 Å². The van der Waals surface area contributed by atoms with Gasteiger partial charge in [-0.05, 0) is 44.9 Å². The molecule has 1 atom stereocenters. The maximum atomic E-state index is 12.0. The number of hydrogen-bond acceptors (Lipinski definition) is 2. The summed E-state index contributed by atoms with van der Waals surface area (Å²) in [6, 6.07) is 0. The Morgan fingerprint density at radius 2 is 2.12 bits per heavy atom. The van der Waals surface area contributed by atoms with Crippen LogP contribution in [-0.2, 0) is 9.53 Å². The second-order valence-corrected chi connectivity index (χ2v) is 5.23. The molecule has 2 heteroatoms. The Bertz CT molecular complexity index is 333. The van der Waals surface area contributed by atoms with Gasteiger partial charge in [-0.15, -0.1) is 0 Å². The van der Waals surface area contributed by atoms with Crippen LogP contribution in [0.15, 0.2) is 23.8 Å². The van der Waals surface area contributed by atoms with Crippen LogP contribution in [0, 0.1) is 5.92 Å². The van der Waals surface area contributed by atoms with E-state index in [-0.39, 0.29) is 11.6 Å². The minimum absolute atomic E-state index is 0.110. The fraction of sp³-hybridized carbons (Fsp3) is 0.643. The first-order valence-corrected chi connectivity index (χ1v) is 6.21. The van der Waals surface area contributed by atoms with Crippen molar-refractivity contribution in [2.75, 3.05) is 0 Å². The van der Waals surface area contributed by atoms with Gasteiger partial charge in [-0.25, -0.2) is 4.79 Å². The molecule has 88 valence electrons. The number of rotatable bonds is 2. The molecule has 0 spiro atoms. The van der Waals surface area contributed by atoms with Gasteiger partial charge in [0.1, 0.15) is 5.60 Å². The van der Waals surface area contributed by atoms with Crippen molar-refractivity contribution in [1.82, 2.24) is 0 Å². The van der Waals surface area contributed by atoms with Crippen LogP contribution in [0.3, 0.4) is 0 Å². The lowest BCUT2D eigenvalue weighted by Crippen LogP contribution is -2.30. The maximum Gasteiger partial charge on any atom is 0.334 e. The van der Waals surface area contributed by atoms with Gasteiger partial charge >= 0.3 is 5.97 Å². The van der Waals surface area contributed by atoms with Crippen molar-refractivity contribution in [2.45, 2.75) is 51.6 Å². The SMILES string of the molecule is CC1CC=CC=C1C(=O)OC1(C)CCCC1. The van der Waals surface area contributed by atoms with E-state index < -0.39 is 0 Å². The van der Waals surface area contributed by atoms with Crippen LogP contribution in [0.2, 0.25) is 0 Å². The van der Waals surface area contributed by atoms with Crippen LogP contribution < -0.4 is 0 Å². The summed E-state index contributed by atoms with van der Waals surface area (Å²) in [4.78, 5) is 12.0. The van der Waals surface area contributed by atoms with Gasteiger partial charge in [0, 0.05) is 5.57 Å². The van der Waals surface area contributed by atoms with E-state index >= 15 is 0 Å². The summed E-state index contributed by atoms with van der Waals surface area (Å²) >= 11 is 0. The predicted molar refractivity (Wildman–Crippen MR) is 64.0 cm³/mol. The lowest BCUT2D eigenvalue weighted by atomic mass is 9.93. The molecule has 0 amide bonds. The number of hydrogen-bond donors (Lipinski definition) is 0. The van der Waals surface area contributed by atoms with Gasteiger partial charge in [-0.1, -0.05) is 25.2 Å². The first-order valence-electron chi connectivity index (χ1n) is 6.21. The van der Waals surface area contributed by atoms with E-state index in [0.717, 1.165) is 24.8 Å². The summed E-state index contributed by atoms with van der Waals surface area (Å²) in [6.45, 7) is 4.13. The first kappa shape index (κ1) is 11.4. The van der Waals surface area contributed by atoms with E-state index in [1.807, 2.05) is 12.2 Å². The van der Waals surface area contributed by atoms with Gasteiger partial charge in [0.25, 0.3) is 0 Å². The quantitative estimate of drug-likeness (QED) is 0.667. The molecule has 2 aliphatic rings. The molecule has 0 aromatic rings. The second kappa shape index (κ2) is 4.44. The molecule has 0 radical (unpaired) electrons. The van der Waals surface area contributed by atoms with E-state index in [9.17, 15) is 4.79 Å². The Morgan fingerprint density at radius 1 is 1.44 bits per heavy atom. The minimum atomic E-state index is -0.210. The highest BCUT2D eigenvalue weighted by atomic mass is 16.6. The van der Waals surface area contributed by atoms with Crippen molar-refractivity contribution in [1.29, 1.82) is 0 Å².